The number of hydrazone groups is 1. The number of aromatic hydroxyl groups is 1. The van der Waals surface area contributed by atoms with Crippen LogP contribution in [-0.2, 0) is 0 Å². The number of nitrogens with zero attached hydrogens (tertiary/aromatic N) is 3. The van der Waals surface area contributed by atoms with Crippen molar-refractivity contribution in [1.29, 1.82) is 0 Å². The summed E-state index contributed by atoms with van der Waals surface area (Å²) in [4.78, 5) is 2.52. The molecule has 0 unspecified atom stereocenters. The molecule has 5 heteroatoms. The normalized spacial score (nSPS) is 15.1. The summed E-state index contributed by atoms with van der Waals surface area (Å²) in [6.45, 7) is 3.57. The van der Waals surface area contributed by atoms with Crippen LogP contribution in [0.5, 0.6) is 11.5 Å². The molecule has 1 saturated heterocycles. The van der Waals surface area contributed by atoms with Gasteiger partial charge in [0.25, 0.3) is 0 Å². The van der Waals surface area contributed by atoms with Crippen LogP contribution in [0.3, 0.4) is 0 Å². The van der Waals surface area contributed by atoms with Crippen molar-refractivity contribution in [1.82, 2.24) is 9.91 Å². The summed E-state index contributed by atoms with van der Waals surface area (Å²) in [6, 6.07) is 26.9. The summed E-state index contributed by atoms with van der Waals surface area (Å²) >= 11 is 0. The Morgan fingerprint density at radius 2 is 1.47 bits per heavy atom. The van der Waals surface area contributed by atoms with Crippen molar-refractivity contribution in [3.63, 3.8) is 0 Å². The van der Waals surface area contributed by atoms with E-state index in [0.717, 1.165) is 31.7 Å². The summed E-state index contributed by atoms with van der Waals surface area (Å²) in [7, 11) is 1.54. The highest BCUT2D eigenvalue weighted by molar-refractivity contribution is 5.80. The third-order valence-electron chi connectivity index (χ3n) is 5.46. The molecule has 0 aromatic heterocycles. The second kappa shape index (κ2) is 9.46. The summed E-state index contributed by atoms with van der Waals surface area (Å²) in [5.41, 5.74) is 3.48. The van der Waals surface area contributed by atoms with Gasteiger partial charge in [-0.1, -0.05) is 60.7 Å². The highest BCUT2D eigenvalue weighted by Crippen LogP contribution is 2.29. The van der Waals surface area contributed by atoms with Crippen LogP contribution in [-0.4, -0.2) is 54.5 Å². The molecular formula is C25H27N3O2. The molecule has 154 valence electrons. The zero-order valence-electron chi connectivity index (χ0n) is 17.2. The Kier molecular flexibility index (Phi) is 6.30. The molecule has 0 saturated carbocycles. The van der Waals surface area contributed by atoms with Crippen molar-refractivity contribution in [3.05, 3.63) is 95.6 Å². The number of phenols is 1. The smallest absolute Gasteiger partial charge is 0.160 e. The van der Waals surface area contributed by atoms with Gasteiger partial charge in [-0.3, -0.25) is 9.91 Å². The Morgan fingerprint density at radius 3 is 2.00 bits per heavy atom. The molecule has 4 rings (SSSR count). The van der Waals surface area contributed by atoms with Gasteiger partial charge in [-0.05, 0) is 34.9 Å². The summed E-state index contributed by atoms with van der Waals surface area (Å²) in [5.74, 6) is 0.591. The number of rotatable bonds is 6. The Bertz CT molecular complexity index is 929. The van der Waals surface area contributed by atoms with E-state index in [0.29, 0.717) is 5.75 Å². The summed E-state index contributed by atoms with van der Waals surface area (Å²) in [5, 5.41) is 16.6. The van der Waals surface area contributed by atoms with Crippen molar-refractivity contribution in [3.8, 4) is 11.5 Å². The van der Waals surface area contributed by atoms with Crippen molar-refractivity contribution in [2.45, 2.75) is 6.04 Å². The number of hydrogen-bond acceptors (Lipinski definition) is 5. The van der Waals surface area contributed by atoms with Crippen molar-refractivity contribution < 1.29 is 9.84 Å². The number of ether oxygens (including phenoxy) is 1. The monoisotopic (exact) mass is 401 g/mol. The highest BCUT2D eigenvalue weighted by atomic mass is 16.5. The van der Waals surface area contributed by atoms with E-state index in [1.165, 1.54) is 11.1 Å². The molecule has 1 aliphatic heterocycles. The molecule has 0 amide bonds. The third kappa shape index (κ3) is 4.63. The molecule has 1 N–H and O–H groups in total. The van der Waals surface area contributed by atoms with E-state index in [9.17, 15) is 5.11 Å². The second-order valence-electron chi connectivity index (χ2n) is 7.39. The van der Waals surface area contributed by atoms with Gasteiger partial charge < -0.3 is 9.84 Å². The number of hydrogen-bond donors (Lipinski definition) is 1. The molecule has 0 radical (unpaired) electrons. The first-order chi connectivity index (χ1) is 14.7. The summed E-state index contributed by atoms with van der Waals surface area (Å²) in [6.07, 6.45) is 1.79. The first-order valence-electron chi connectivity index (χ1n) is 10.2. The minimum atomic E-state index is 0.125. The Hall–Kier alpha value is -3.31. The van der Waals surface area contributed by atoms with Gasteiger partial charge in [0, 0.05) is 26.2 Å². The van der Waals surface area contributed by atoms with Crippen LogP contribution in [0.15, 0.2) is 84.0 Å². The van der Waals surface area contributed by atoms with Crippen LogP contribution in [0.4, 0.5) is 0 Å². The topological polar surface area (TPSA) is 48.3 Å². The number of benzene rings is 3. The van der Waals surface area contributed by atoms with E-state index in [4.69, 9.17) is 4.74 Å². The van der Waals surface area contributed by atoms with Gasteiger partial charge in [0.2, 0.25) is 0 Å². The second-order valence-corrected chi connectivity index (χ2v) is 7.39. The lowest BCUT2D eigenvalue weighted by Gasteiger charge is -2.38. The maximum absolute atomic E-state index is 9.93. The van der Waals surface area contributed by atoms with Crippen molar-refractivity contribution in [2.75, 3.05) is 33.3 Å². The van der Waals surface area contributed by atoms with E-state index < -0.39 is 0 Å². The SMILES string of the molecule is COc1ccc(C=NN2CCN(C(c3ccccc3)c3ccccc3)CC2)cc1O. The van der Waals surface area contributed by atoms with Gasteiger partial charge in [0.15, 0.2) is 11.5 Å². The predicted molar refractivity (Wildman–Crippen MR) is 120 cm³/mol. The molecule has 0 bridgehead atoms. The zero-order valence-corrected chi connectivity index (χ0v) is 17.2. The first kappa shape index (κ1) is 20.0. The van der Waals surface area contributed by atoms with Crippen LogP contribution in [0.2, 0.25) is 0 Å². The van der Waals surface area contributed by atoms with Crippen LogP contribution < -0.4 is 4.74 Å². The molecule has 0 aliphatic carbocycles. The van der Waals surface area contributed by atoms with E-state index >= 15 is 0 Å². The van der Waals surface area contributed by atoms with Crippen molar-refractivity contribution >= 4 is 6.21 Å². The standard InChI is InChI=1S/C25H27N3O2/c1-30-24-13-12-20(18-23(24)29)19-26-28-16-14-27(15-17-28)25(21-8-4-2-5-9-21)22-10-6-3-7-11-22/h2-13,18-19,25,29H,14-17H2,1H3. The lowest BCUT2D eigenvalue weighted by Crippen LogP contribution is -2.45. The maximum Gasteiger partial charge on any atom is 0.160 e. The fraction of sp³-hybridized carbons (Fsp3) is 0.240. The minimum Gasteiger partial charge on any atom is -0.504 e. The molecule has 1 heterocycles. The molecule has 30 heavy (non-hydrogen) atoms. The van der Waals surface area contributed by atoms with Gasteiger partial charge >= 0.3 is 0 Å². The highest BCUT2D eigenvalue weighted by Gasteiger charge is 2.25. The average molecular weight is 402 g/mol. The Balaban J connectivity index is 1.44. The molecular weight excluding hydrogens is 374 g/mol. The van der Waals surface area contributed by atoms with Crippen LogP contribution in [0.1, 0.15) is 22.7 Å². The maximum atomic E-state index is 9.93. The van der Waals surface area contributed by atoms with Crippen LogP contribution >= 0.6 is 0 Å². The number of piperazine rings is 1. The molecule has 1 aliphatic rings. The first-order valence-corrected chi connectivity index (χ1v) is 10.2. The quantitative estimate of drug-likeness (QED) is 0.631. The van der Waals surface area contributed by atoms with Crippen LogP contribution in [0.25, 0.3) is 0 Å². The van der Waals surface area contributed by atoms with E-state index in [1.54, 1.807) is 25.5 Å². The fourth-order valence-electron chi connectivity index (χ4n) is 3.91. The lowest BCUT2D eigenvalue weighted by atomic mass is 9.96. The Morgan fingerprint density at radius 1 is 0.867 bits per heavy atom. The largest absolute Gasteiger partial charge is 0.504 e. The molecule has 0 atom stereocenters. The Labute approximate surface area is 177 Å². The van der Waals surface area contributed by atoms with E-state index in [1.807, 2.05) is 6.07 Å². The molecule has 1 fully saturated rings. The summed E-state index contributed by atoms with van der Waals surface area (Å²) < 4.78 is 5.09. The van der Waals surface area contributed by atoms with Gasteiger partial charge in [0.05, 0.1) is 19.4 Å². The fourth-order valence-corrected chi connectivity index (χ4v) is 3.91. The van der Waals surface area contributed by atoms with Gasteiger partial charge in [-0.2, -0.15) is 5.10 Å². The minimum absolute atomic E-state index is 0.125. The van der Waals surface area contributed by atoms with Gasteiger partial charge in [0.1, 0.15) is 0 Å². The number of phenolic OH excluding ortho intramolecular Hbond substituents is 1. The van der Waals surface area contributed by atoms with Crippen LogP contribution in [0, 0.1) is 0 Å². The lowest BCUT2D eigenvalue weighted by molar-refractivity contribution is 0.113. The van der Waals surface area contributed by atoms with Gasteiger partial charge in [-0.15, -0.1) is 0 Å². The average Bonchev–Trinajstić information content (AvgIpc) is 2.80. The molecule has 5 nitrogen and oxygen atoms in total. The molecule has 3 aromatic carbocycles. The van der Waals surface area contributed by atoms with Gasteiger partial charge in [-0.25, -0.2) is 0 Å². The third-order valence-corrected chi connectivity index (χ3v) is 5.46. The predicted octanol–water partition coefficient (Wildman–Crippen LogP) is 4.14. The number of methoxy groups -OCH3 is 1. The molecule has 3 aromatic rings. The zero-order chi connectivity index (χ0) is 20.8. The van der Waals surface area contributed by atoms with Crippen molar-refractivity contribution in [2.24, 2.45) is 5.10 Å². The van der Waals surface area contributed by atoms with E-state index in [2.05, 4.69) is 75.7 Å². The molecule has 0 spiro atoms. The van der Waals surface area contributed by atoms with E-state index in [-0.39, 0.29) is 11.8 Å².